The molecule has 0 aliphatic heterocycles. The van der Waals surface area contributed by atoms with Crippen molar-refractivity contribution in [3.05, 3.63) is 69.6 Å². The van der Waals surface area contributed by atoms with E-state index in [4.69, 9.17) is 4.74 Å². The van der Waals surface area contributed by atoms with Gasteiger partial charge in [-0.25, -0.2) is 9.37 Å². The molecule has 2 aromatic carbocycles. The lowest BCUT2D eigenvalue weighted by Crippen LogP contribution is -2.24. The third-order valence-electron chi connectivity index (χ3n) is 3.83. The van der Waals surface area contributed by atoms with E-state index in [1.54, 1.807) is 6.92 Å². The van der Waals surface area contributed by atoms with Crippen molar-refractivity contribution in [2.24, 2.45) is 0 Å². The molecule has 1 aromatic heterocycles. The topological polar surface area (TPSA) is 51.2 Å². The number of pyridine rings is 1. The second kappa shape index (κ2) is 7.19. The van der Waals surface area contributed by atoms with Gasteiger partial charge in [0.1, 0.15) is 17.3 Å². The smallest absolute Gasteiger partial charge is 0.270 e. The predicted octanol–water partition coefficient (Wildman–Crippen LogP) is 4.38. The number of carbonyl (C=O) groups is 1. The van der Waals surface area contributed by atoms with Crippen LogP contribution in [0.15, 0.2) is 46.9 Å². The first-order valence-electron chi connectivity index (χ1n) is 7.65. The maximum atomic E-state index is 13.6. The lowest BCUT2D eigenvalue weighted by molar-refractivity contribution is 0.0946. The summed E-state index contributed by atoms with van der Waals surface area (Å²) in [6.45, 7) is 2.13. The van der Waals surface area contributed by atoms with Gasteiger partial charge in [0.05, 0.1) is 12.6 Å². The van der Waals surface area contributed by atoms with Crippen LogP contribution in [0.2, 0.25) is 0 Å². The summed E-state index contributed by atoms with van der Waals surface area (Å²) in [6, 6.07) is 11.9. The molecule has 0 radical (unpaired) electrons. The first-order chi connectivity index (χ1) is 12.0. The van der Waals surface area contributed by atoms with E-state index in [2.05, 4.69) is 26.2 Å². The van der Waals surface area contributed by atoms with Crippen molar-refractivity contribution in [1.82, 2.24) is 10.3 Å². The molecule has 0 atom stereocenters. The highest BCUT2D eigenvalue weighted by Crippen LogP contribution is 2.28. The number of aromatic nitrogens is 1. The van der Waals surface area contributed by atoms with Gasteiger partial charge in [-0.2, -0.15) is 0 Å². The van der Waals surface area contributed by atoms with Crippen LogP contribution in [0.25, 0.3) is 10.9 Å². The summed E-state index contributed by atoms with van der Waals surface area (Å²) in [5.74, 6) is -0.263. The van der Waals surface area contributed by atoms with Crippen LogP contribution in [-0.4, -0.2) is 18.0 Å². The van der Waals surface area contributed by atoms with E-state index in [0.29, 0.717) is 28.8 Å². The van der Waals surface area contributed by atoms with Crippen LogP contribution >= 0.6 is 15.9 Å². The molecule has 25 heavy (non-hydrogen) atoms. The van der Waals surface area contributed by atoms with Crippen LogP contribution in [0.4, 0.5) is 4.39 Å². The van der Waals surface area contributed by atoms with Crippen molar-refractivity contribution in [2.75, 3.05) is 7.11 Å². The Balaban J connectivity index is 1.91. The zero-order valence-electron chi connectivity index (χ0n) is 13.8. The second-order valence-electron chi connectivity index (χ2n) is 5.64. The number of hydrogen-bond donors (Lipinski definition) is 1. The van der Waals surface area contributed by atoms with Crippen molar-refractivity contribution in [2.45, 2.75) is 13.5 Å². The lowest BCUT2D eigenvalue weighted by atomic mass is 10.1. The largest absolute Gasteiger partial charge is 0.496 e. The molecule has 0 spiro atoms. The van der Waals surface area contributed by atoms with Crippen molar-refractivity contribution in [1.29, 1.82) is 0 Å². The van der Waals surface area contributed by atoms with Gasteiger partial charge < -0.3 is 10.1 Å². The maximum Gasteiger partial charge on any atom is 0.270 e. The van der Waals surface area contributed by atoms with Gasteiger partial charge >= 0.3 is 0 Å². The molecule has 1 amide bonds. The van der Waals surface area contributed by atoms with Crippen LogP contribution in [0, 0.1) is 12.7 Å². The molecule has 0 bridgehead atoms. The Morgan fingerprint density at radius 2 is 2.08 bits per heavy atom. The Kier molecular flexibility index (Phi) is 4.99. The van der Waals surface area contributed by atoms with Crippen LogP contribution in [-0.2, 0) is 6.54 Å². The van der Waals surface area contributed by atoms with E-state index in [1.165, 1.54) is 25.3 Å². The third kappa shape index (κ3) is 3.79. The van der Waals surface area contributed by atoms with Crippen LogP contribution < -0.4 is 10.1 Å². The maximum absolute atomic E-state index is 13.6. The summed E-state index contributed by atoms with van der Waals surface area (Å²) in [5.41, 5.74) is 2.39. The predicted molar refractivity (Wildman–Crippen MR) is 98.3 cm³/mol. The molecule has 1 N–H and O–H groups in total. The fourth-order valence-electron chi connectivity index (χ4n) is 2.63. The van der Waals surface area contributed by atoms with Crippen LogP contribution in [0.5, 0.6) is 5.75 Å². The third-order valence-corrected chi connectivity index (χ3v) is 4.32. The van der Waals surface area contributed by atoms with Crippen molar-refractivity contribution in [3.8, 4) is 5.75 Å². The normalized spacial score (nSPS) is 10.7. The van der Waals surface area contributed by atoms with E-state index >= 15 is 0 Å². The minimum absolute atomic E-state index is 0.231. The zero-order valence-corrected chi connectivity index (χ0v) is 15.4. The van der Waals surface area contributed by atoms with Crippen molar-refractivity contribution in [3.63, 3.8) is 0 Å². The molecule has 128 valence electrons. The molecule has 0 aliphatic carbocycles. The summed E-state index contributed by atoms with van der Waals surface area (Å²) in [4.78, 5) is 16.9. The highest BCUT2D eigenvalue weighted by Gasteiger charge is 2.15. The van der Waals surface area contributed by atoms with Crippen LogP contribution in [0.3, 0.4) is 0 Å². The number of hydrogen-bond acceptors (Lipinski definition) is 3. The number of benzene rings is 2. The standard InChI is InChI=1S/C19H16BrFN2O2/c1-11-6-14(21)8-15-17(25-2)9-16(23-18(11)15)19(24)22-10-12-4-3-5-13(20)7-12/h3-9H,10H2,1-2H3,(H,22,24). The van der Waals surface area contributed by atoms with Gasteiger partial charge in [-0.3, -0.25) is 4.79 Å². The van der Waals surface area contributed by atoms with Gasteiger partial charge in [-0.15, -0.1) is 0 Å². The van der Waals surface area contributed by atoms with E-state index in [1.807, 2.05) is 24.3 Å². The van der Waals surface area contributed by atoms with Gasteiger partial charge in [0, 0.05) is 22.5 Å². The quantitative estimate of drug-likeness (QED) is 0.704. The molecule has 0 aliphatic rings. The van der Waals surface area contributed by atoms with E-state index in [0.717, 1.165) is 10.0 Å². The fourth-order valence-corrected chi connectivity index (χ4v) is 3.08. The van der Waals surface area contributed by atoms with Gasteiger partial charge in [0.25, 0.3) is 5.91 Å². The Labute approximate surface area is 153 Å². The van der Waals surface area contributed by atoms with E-state index in [-0.39, 0.29) is 17.4 Å². The number of nitrogens with one attached hydrogen (secondary N) is 1. The molecule has 3 rings (SSSR count). The second-order valence-corrected chi connectivity index (χ2v) is 6.56. The number of methoxy groups -OCH3 is 1. The highest BCUT2D eigenvalue weighted by molar-refractivity contribution is 9.10. The number of halogens is 2. The first-order valence-corrected chi connectivity index (χ1v) is 8.45. The number of carbonyl (C=O) groups excluding carboxylic acids is 1. The summed E-state index contributed by atoms with van der Waals surface area (Å²) in [5, 5.41) is 3.38. The Morgan fingerprint density at radius 3 is 2.80 bits per heavy atom. The van der Waals surface area contributed by atoms with Crippen molar-refractivity contribution >= 4 is 32.7 Å². The van der Waals surface area contributed by atoms with Gasteiger partial charge in [0.15, 0.2) is 0 Å². The molecule has 0 unspecified atom stereocenters. The Hall–Kier alpha value is -2.47. The molecule has 3 aromatic rings. The van der Waals surface area contributed by atoms with E-state index < -0.39 is 0 Å². The van der Waals surface area contributed by atoms with E-state index in [9.17, 15) is 9.18 Å². The van der Waals surface area contributed by atoms with Crippen LogP contribution in [0.1, 0.15) is 21.6 Å². The number of ether oxygens (including phenoxy) is 1. The monoisotopic (exact) mass is 402 g/mol. The first kappa shape index (κ1) is 17.4. The number of nitrogens with zero attached hydrogens (tertiary/aromatic N) is 1. The number of amides is 1. The van der Waals surface area contributed by atoms with Crippen molar-refractivity contribution < 1.29 is 13.9 Å². The Morgan fingerprint density at radius 1 is 1.28 bits per heavy atom. The summed E-state index contributed by atoms with van der Waals surface area (Å²) in [6.07, 6.45) is 0. The van der Waals surface area contributed by atoms with Gasteiger partial charge in [0.2, 0.25) is 0 Å². The lowest BCUT2D eigenvalue weighted by Gasteiger charge is -2.11. The fraction of sp³-hybridized carbons (Fsp3) is 0.158. The summed E-state index contributed by atoms with van der Waals surface area (Å²) < 4.78 is 19.9. The average Bonchev–Trinajstić information content (AvgIpc) is 2.59. The number of rotatable bonds is 4. The zero-order chi connectivity index (χ0) is 18.0. The SMILES string of the molecule is COc1cc(C(=O)NCc2cccc(Br)c2)nc2c(C)cc(F)cc12. The molecule has 4 nitrogen and oxygen atoms in total. The molecular weight excluding hydrogens is 387 g/mol. The number of aryl methyl sites for hydroxylation is 1. The average molecular weight is 403 g/mol. The molecule has 6 heteroatoms. The van der Waals surface area contributed by atoms with Gasteiger partial charge in [-0.05, 0) is 42.3 Å². The molecule has 0 saturated carbocycles. The minimum atomic E-state index is -0.364. The molecule has 1 heterocycles. The summed E-state index contributed by atoms with van der Waals surface area (Å²) in [7, 11) is 1.48. The highest BCUT2D eigenvalue weighted by atomic mass is 79.9. The Bertz CT molecular complexity index is 960. The molecule has 0 fully saturated rings. The number of fused-ring (bicyclic) bond motifs is 1. The van der Waals surface area contributed by atoms with Gasteiger partial charge in [-0.1, -0.05) is 28.1 Å². The summed E-state index contributed by atoms with van der Waals surface area (Å²) >= 11 is 3.40. The minimum Gasteiger partial charge on any atom is -0.496 e. The molecule has 0 saturated heterocycles. The molecular formula is C19H16BrFN2O2.